The summed E-state index contributed by atoms with van der Waals surface area (Å²) in [6, 6.07) is 4.17. The standard InChI is InChI=1S/C15H21N3O3/c1-18(7-14(19)17-13-2-3-13)6-10-4-12(16)5-11-8-20-9-21-15(10)11/h4-5,13H,2-3,6-9,16H2,1H3,(H,17,19). The summed E-state index contributed by atoms with van der Waals surface area (Å²) in [4.78, 5) is 13.8. The van der Waals surface area contributed by atoms with Crippen molar-refractivity contribution in [2.75, 3.05) is 26.1 Å². The van der Waals surface area contributed by atoms with Gasteiger partial charge in [-0.05, 0) is 32.0 Å². The minimum atomic E-state index is 0.0713. The van der Waals surface area contributed by atoms with E-state index in [2.05, 4.69) is 5.32 Å². The molecule has 0 unspecified atom stereocenters. The third kappa shape index (κ3) is 3.65. The number of benzene rings is 1. The fourth-order valence-corrected chi connectivity index (χ4v) is 2.54. The van der Waals surface area contributed by atoms with Crippen LogP contribution < -0.4 is 15.8 Å². The van der Waals surface area contributed by atoms with Crippen LogP contribution in [0.25, 0.3) is 0 Å². The first-order valence-electron chi connectivity index (χ1n) is 7.21. The van der Waals surface area contributed by atoms with Gasteiger partial charge in [-0.3, -0.25) is 9.69 Å². The summed E-state index contributed by atoms with van der Waals surface area (Å²) in [5, 5.41) is 2.99. The average Bonchev–Trinajstić information content (AvgIpc) is 3.22. The Balaban J connectivity index is 1.65. The molecule has 3 rings (SSSR count). The normalized spacial score (nSPS) is 17.2. The van der Waals surface area contributed by atoms with Gasteiger partial charge < -0.3 is 20.5 Å². The van der Waals surface area contributed by atoms with Gasteiger partial charge in [0.15, 0.2) is 6.79 Å². The summed E-state index contributed by atoms with van der Waals surface area (Å²) in [5.41, 5.74) is 8.57. The largest absolute Gasteiger partial charge is 0.467 e. The summed E-state index contributed by atoms with van der Waals surface area (Å²) in [6.45, 7) is 1.76. The van der Waals surface area contributed by atoms with E-state index in [0.717, 1.165) is 29.7 Å². The molecule has 0 saturated heterocycles. The van der Waals surface area contributed by atoms with Crippen LogP contribution in [0.3, 0.4) is 0 Å². The van der Waals surface area contributed by atoms with Gasteiger partial charge in [-0.25, -0.2) is 0 Å². The van der Waals surface area contributed by atoms with E-state index < -0.39 is 0 Å². The Kier molecular flexibility index (Phi) is 3.98. The third-order valence-corrected chi connectivity index (χ3v) is 3.61. The van der Waals surface area contributed by atoms with Crippen molar-refractivity contribution in [2.45, 2.75) is 32.0 Å². The number of rotatable bonds is 5. The van der Waals surface area contributed by atoms with Gasteiger partial charge >= 0.3 is 0 Å². The number of nitrogens with one attached hydrogen (secondary N) is 1. The molecule has 6 nitrogen and oxygen atoms in total. The highest BCUT2D eigenvalue weighted by molar-refractivity contribution is 5.78. The maximum Gasteiger partial charge on any atom is 0.234 e. The minimum absolute atomic E-state index is 0.0713. The van der Waals surface area contributed by atoms with Gasteiger partial charge in [-0.15, -0.1) is 0 Å². The number of carbonyl (C=O) groups is 1. The molecule has 0 bridgehead atoms. The quantitative estimate of drug-likeness (QED) is 0.786. The second kappa shape index (κ2) is 5.91. The van der Waals surface area contributed by atoms with Crippen LogP contribution in [0.4, 0.5) is 5.69 Å². The van der Waals surface area contributed by atoms with E-state index >= 15 is 0 Å². The van der Waals surface area contributed by atoms with Crippen LogP contribution in [0.5, 0.6) is 5.75 Å². The third-order valence-electron chi connectivity index (χ3n) is 3.61. The predicted molar refractivity (Wildman–Crippen MR) is 78.6 cm³/mol. The van der Waals surface area contributed by atoms with E-state index in [1.165, 1.54) is 0 Å². The lowest BCUT2D eigenvalue weighted by Gasteiger charge is -2.24. The molecule has 114 valence electrons. The van der Waals surface area contributed by atoms with E-state index in [0.29, 0.717) is 31.4 Å². The Labute approximate surface area is 124 Å². The number of hydrogen-bond donors (Lipinski definition) is 2. The highest BCUT2D eigenvalue weighted by atomic mass is 16.7. The van der Waals surface area contributed by atoms with Crippen LogP contribution in [0.15, 0.2) is 12.1 Å². The molecule has 2 aliphatic rings. The molecule has 1 saturated carbocycles. The van der Waals surface area contributed by atoms with Crippen molar-refractivity contribution >= 4 is 11.6 Å². The molecular weight excluding hydrogens is 270 g/mol. The highest BCUT2D eigenvalue weighted by Crippen LogP contribution is 2.31. The second-order valence-corrected chi connectivity index (χ2v) is 5.79. The number of fused-ring (bicyclic) bond motifs is 1. The summed E-state index contributed by atoms with van der Waals surface area (Å²) < 4.78 is 10.9. The molecule has 0 spiro atoms. The fraction of sp³-hybridized carbons (Fsp3) is 0.533. The molecule has 21 heavy (non-hydrogen) atoms. The Bertz CT molecular complexity index is 543. The van der Waals surface area contributed by atoms with Crippen molar-refractivity contribution in [1.82, 2.24) is 10.2 Å². The first-order valence-corrected chi connectivity index (χ1v) is 7.21. The molecule has 1 aromatic rings. The van der Waals surface area contributed by atoms with Gasteiger partial charge in [0, 0.05) is 29.4 Å². The SMILES string of the molecule is CN(CC(=O)NC1CC1)Cc1cc(N)cc2c1OCOC2. The Morgan fingerprint density at radius 2 is 2.29 bits per heavy atom. The number of nitrogens with two attached hydrogens (primary N) is 1. The van der Waals surface area contributed by atoms with E-state index in [1.54, 1.807) is 0 Å². The van der Waals surface area contributed by atoms with Gasteiger partial charge in [0.1, 0.15) is 5.75 Å². The zero-order valence-corrected chi connectivity index (χ0v) is 12.2. The molecule has 6 heteroatoms. The summed E-state index contributed by atoms with van der Waals surface area (Å²) in [7, 11) is 1.92. The number of ether oxygens (including phenoxy) is 2. The van der Waals surface area contributed by atoms with E-state index in [9.17, 15) is 4.79 Å². The van der Waals surface area contributed by atoms with Gasteiger partial charge in [0.2, 0.25) is 5.91 Å². The molecule has 1 heterocycles. The van der Waals surface area contributed by atoms with Crippen molar-refractivity contribution in [1.29, 1.82) is 0 Å². The number of nitrogen functional groups attached to an aromatic ring is 1. The van der Waals surface area contributed by atoms with Gasteiger partial charge in [0.05, 0.1) is 13.2 Å². The van der Waals surface area contributed by atoms with E-state index in [1.807, 2.05) is 24.1 Å². The van der Waals surface area contributed by atoms with Gasteiger partial charge in [0.25, 0.3) is 0 Å². The lowest BCUT2D eigenvalue weighted by atomic mass is 10.1. The number of amides is 1. The van der Waals surface area contributed by atoms with Crippen LogP contribution in [0, 0.1) is 0 Å². The second-order valence-electron chi connectivity index (χ2n) is 5.79. The Hall–Kier alpha value is -1.79. The van der Waals surface area contributed by atoms with Crippen molar-refractivity contribution in [3.63, 3.8) is 0 Å². The van der Waals surface area contributed by atoms with Crippen molar-refractivity contribution < 1.29 is 14.3 Å². The van der Waals surface area contributed by atoms with Gasteiger partial charge in [-0.1, -0.05) is 0 Å². The monoisotopic (exact) mass is 291 g/mol. The Morgan fingerprint density at radius 3 is 3.05 bits per heavy atom. The van der Waals surface area contributed by atoms with Crippen molar-refractivity contribution in [3.05, 3.63) is 23.3 Å². The molecule has 1 fully saturated rings. The molecule has 1 aliphatic carbocycles. The zero-order chi connectivity index (χ0) is 14.8. The zero-order valence-electron chi connectivity index (χ0n) is 12.2. The summed E-state index contributed by atoms with van der Waals surface area (Å²) in [6.07, 6.45) is 2.21. The predicted octanol–water partition coefficient (Wildman–Crippen LogP) is 0.846. The lowest BCUT2D eigenvalue weighted by Crippen LogP contribution is -2.36. The fourth-order valence-electron chi connectivity index (χ4n) is 2.54. The smallest absolute Gasteiger partial charge is 0.234 e. The highest BCUT2D eigenvalue weighted by Gasteiger charge is 2.24. The van der Waals surface area contributed by atoms with Gasteiger partial charge in [-0.2, -0.15) is 0 Å². The number of anilines is 1. The van der Waals surface area contributed by atoms with Crippen molar-refractivity contribution in [2.24, 2.45) is 0 Å². The first-order chi connectivity index (χ1) is 10.1. The molecule has 0 atom stereocenters. The van der Waals surface area contributed by atoms with E-state index in [4.69, 9.17) is 15.2 Å². The molecule has 1 amide bonds. The number of carbonyl (C=O) groups excluding carboxylic acids is 1. The Morgan fingerprint density at radius 1 is 1.48 bits per heavy atom. The average molecular weight is 291 g/mol. The summed E-state index contributed by atoms with van der Waals surface area (Å²) in [5.74, 6) is 0.909. The van der Waals surface area contributed by atoms with Crippen LogP contribution in [-0.4, -0.2) is 37.2 Å². The minimum Gasteiger partial charge on any atom is -0.467 e. The number of hydrogen-bond acceptors (Lipinski definition) is 5. The topological polar surface area (TPSA) is 76.8 Å². The lowest BCUT2D eigenvalue weighted by molar-refractivity contribution is -0.122. The van der Waals surface area contributed by atoms with Crippen LogP contribution in [0.1, 0.15) is 24.0 Å². The maximum absolute atomic E-state index is 11.8. The maximum atomic E-state index is 11.8. The molecule has 3 N–H and O–H groups in total. The molecule has 0 radical (unpaired) electrons. The first kappa shape index (κ1) is 14.2. The van der Waals surface area contributed by atoms with Crippen LogP contribution in [0.2, 0.25) is 0 Å². The van der Waals surface area contributed by atoms with Crippen LogP contribution >= 0.6 is 0 Å². The van der Waals surface area contributed by atoms with E-state index in [-0.39, 0.29) is 12.7 Å². The molecule has 0 aromatic heterocycles. The number of likely N-dealkylation sites (N-methyl/N-ethyl adjacent to an activating group) is 1. The summed E-state index contributed by atoms with van der Waals surface area (Å²) >= 11 is 0. The molecular formula is C15H21N3O3. The molecule has 1 aliphatic heterocycles. The number of nitrogens with zero attached hydrogens (tertiary/aromatic N) is 1. The van der Waals surface area contributed by atoms with Crippen LogP contribution in [-0.2, 0) is 22.7 Å². The van der Waals surface area contributed by atoms with Crippen molar-refractivity contribution in [3.8, 4) is 5.75 Å². The molecule has 1 aromatic carbocycles.